The van der Waals surface area contributed by atoms with Gasteiger partial charge in [-0.15, -0.1) is 0 Å². The predicted molar refractivity (Wildman–Crippen MR) is 120 cm³/mol. The van der Waals surface area contributed by atoms with E-state index in [1.807, 2.05) is 44.2 Å². The van der Waals surface area contributed by atoms with Gasteiger partial charge < -0.3 is 0 Å². The van der Waals surface area contributed by atoms with Gasteiger partial charge in [0.15, 0.2) is 0 Å². The van der Waals surface area contributed by atoms with Crippen LogP contribution < -0.4 is 0 Å². The van der Waals surface area contributed by atoms with Gasteiger partial charge in [-0.25, -0.2) is 4.98 Å². The van der Waals surface area contributed by atoms with Gasteiger partial charge in [0.25, 0.3) is 0 Å². The van der Waals surface area contributed by atoms with Crippen molar-refractivity contribution >= 4 is 22.8 Å². The van der Waals surface area contributed by atoms with Crippen molar-refractivity contribution in [3.8, 4) is 0 Å². The van der Waals surface area contributed by atoms with E-state index in [1.54, 1.807) is 0 Å². The minimum atomic E-state index is 0. The summed E-state index contributed by atoms with van der Waals surface area (Å²) in [4.78, 5) is 14.5. The fraction of sp³-hybridized carbons (Fsp3) is 0.240. The molecule has 0 spiro atoms. The Hall–Kier alpha value is -2.56. The normalized spacial score (nSPS) is 11.9. The van der Waals surface area contributed by atoms with E-state index in [2.05, 4.69) is 50.2 Å². The molecule has 0 amide bonds. The Labute approximate surface area is 184 Å². The van der Waals surface area contributed by atoms with Crippen molar-refractivity contribution in [1.82, 2.24) is 4.98 Å². The number of pyridine rings is 1. The monoisotopic (exact) mass is 428 g/mol. The molecule has 0 aliphatic carbocycles. The maximum absolute atomic E-state index is 4.83. The summed E-state index contributed by atoms with van der Waals surface area (Å²) in [6.45, 7) is 8.32. The van der Waals surface area contributed by atoms with Gasteiger partial charge in [0, 0.05) is 16.8 Å². The maximum Gasteiger partial charge on any atom is 0.0849 e. The van der Waals surface area contributed by atoms with Gasteiger partial charge in [-0.3, -0.25) is 9.98 Å². The molecule has 0 fully saturated rings. The van der Waals surface area contributed by atoms with Crippen LogP contribution >= 0.6 is 0 Å². The molecule has 4 heteroatoms. The third kappa shape index (κ3) is 5.72. The van der Waals surface area contributed by atoms with E-state index in [-0.39, 0.29) is 16.8 Å². The number of benzene rings is 2. The molecule has 1 radical (unpaired) electrons. The fourth-order valence-corrected chi connectivity index (χ4v) is 3.15. The third-order valence-corrected chi connectivity index (χ3v) is 4.81. The smallest absolute Gasteiger partial charge is 0.0849 e. The van der Waals surface area contributed by atoms with Crippen molar-refractivity contribution in [2.24, 2.45) is 9.98 Å². The van der Waals surface area contributed by atoms with E-state index in [9.17, 15) is 0 Å². The quantitative estimate of drug-likeness (QED) is 0.414. The molecule has 3 rings (SSSR count). The second-order valence-corrected chi connectivity index (χ2v) is 6.77. The molecule has 0 N–H and O–H groups in total. The van der Waals surface area contributed by atoms with Crippen LogP contribution in [0.4, 0.5) is 11.4 Å². The molecule has 3 aromatic rings. The van der Waals surface area contributed by atoms with Crippen LogP contribution in [0.5, 0.6) is 0 Å². The Kier molecular flexibility index (Phi) is 8.49. The van der Waals surface area contributed by atoms with Gasteiger partial charge in [0.1, 0.15) is 0 Å². The number of hydrogen-bond donors (Lipinski definition) is 0. The predicted octanol–water partition coefficient (Wildman–Crippen LogP) is 6.49. The summed E-state index contributed by atoms with van der Waals surface area (Å²) < 4.78 is 0. The number of aliphatic imine (C=N–C) groups is 2. The molecule has 0 saturated carbocycles. The van der Waals surface area contributed by atoms with Gasteiger partial charge in [-0.1, -0.05) is 56.3 Å². The van der Waals surface area contributed by atoms with Crippen molar-refractivity contribution in [3.63, 3.8) is 0 Å². The molecule has 0 aliphatic rings. The van der Waals surface area contributed by atoms with Crippen molar-refractivity contribution in [2.75, 3.05) is 0 Å². The molecule has 0 unspecified atom stereocenters. The van der Waals surface area contributed by atoms with Crippen molar-refractivity contribution in [2.45, 2.75) is 40.5 Å². The molecule has 3 nitrogen and oxygen atoms in total. The summed E-state index contributed by atoms with van der Waals surface area (Å²) in [5.41, 5.74) is 8.07. The zero-order valence-electron chi connectivity index (χ0n) is 17.4. The third-order valence-electron chi connectivity index (χ3n) is 4.81. The van der Waals surface area contributed by atoms with E-state index in [4.69, 9.17) is 15.0 Å². The molecule has 2 aromatic carbocycles. The first-order valence-electron chi connectivity index (χ1n) is 9.86. The Morgan fingerprint density at radius 3 is 1.48 bits per heavy atom. The standard InChI is InChI=1S/C25H27N3.Co/c1-5-20-12-7-9-14-24(20)26-18(3)22-16-11-17-23(28-22)19(4)27-25-15-10-8-13-21(25)6-2;/h7-17H,5-6H2,1-4H3;. The van der Waals surface area contributed by atoms with E-state index < -0.39 is 0 Å². The van der Waals surface area contributed by atoms with Crippen LogP contribution in [0.2, 0.25) is 0 Å². The average molecular weight is 428 g/mol. The Balaban J connectivity index is 0.00000300. The topological polar surface area (TPSA) is 37.6 Å². The summed E-state index contributed by atoms with van der Waals surface area (Å²) in [5.74, 6) is 0. The largest absolute Gasteiger partial charge is 0.251 e. The van der Waals surface area contributed by atoms with E-state index in [1.165, 1.54) is 11.1 Å². The molecule has 151 valence electrons. The minimum absolute atomic E-state index is 0. The molecular formula is C25H27CoN3. The van der Waals surface area contributed by atoms with Crippen molar-refractivity contribution in [1.29, 1.82) is 0 Å². The van der Waals surface area contributed by atoms with Crippen LogP contribution in [0.15, 0.2) is 76.7 Å². The van der Waals surface area contributed by atoms with Crippen LogP contribution in [-0.4, -0.2) is 16.4 Å². The Morgan fingerprint density at radius 2 is 1.07 bits per heavy atom. The minimum Gasteiger partial charge on any atom is -0.251 e. The summed E-state index contributed by atoms with van der Waals surface area (Å²) in [5, 5.41) is 0. The molecule has 0 aliphatic heterocycles. The SMILES string of the molecule is CCc1ccccc1N=C(C)c1cccc(C(C)=Nc2ccccc2CC)n1.[Co]. The van der Waals surface area contributed by atoms with Crippen LogP contribution in [0.3, 0.4) is 0 Å². The summed E-state index contributed by atoms with van der Waals surface area (Å²) in [6.07, 6.45) is 1.92. The zero-order chi connectivity index (χ0) is 19.9. The van der Waals surface area contributed by atoms with Crippen LogP contribution in [0.1, 0.15) is 50.2 Å². The number of para-hydroxylation sites is 2. The second kappa shape index (κ2) is 10.8. The van der Waals surface area contributed by atoms with E-state index in [0.717, 1.165) is 47.0 Å². The van der Waals surface area contributed by atoms with Crippen LogP contribution in [0.25, 0.3) is 0 Å². The van der Waals surface area contributed by atoms with Crippen molar-refractivity contribution < 1.29 is 16.8 Å². The average Bonchev–Trinajstić information content (AvgIpc) is 2.74. The van der Waals surface area contributed by atoms with E-state index >= 15 is 0 Å². The second-order valence-electron chi connectivity index (χ2n) is 6.77. The van der Waals surface area contributed by atoms with Crippen LogP contribution in [0, 0.1) is 0 Å². The molecule has 0 saturated heterocycles. The molecular weight excluding hydrogens is 401 g/mol. The number of aromatic nitrogens is 1. The molecule has 0 bridgehead atoms. The zero-order valence-corrected chi connectivity index (χ0v) is 18.5. The Bertz CT molecular complexity index is 943. The van der Waals surface area contributed by atoms with E-state index in [0.29, 0.717) is 0 Å². The Morgan fingerprint density at radius 1 is 0.655 bits per heavy atom. The first kappa shape index (κ1) is 22.7. The maximum atomic E-state index is 4.83. The fourth-order valence-electron chi connectivity index (χ4n) is 3.15. The van der Waals surface area contributed by atoms with Gasteiger partial charge in [-0.2, -0.15) is 0 Å². The molecule has 1 aromatic heterocycles. The van der Waals surface area contributed by atoms with Gasteiger partial charge in [0.05, 0.1) is 34.2 Å². The van der Waals surface area contributed by atoms with Crippen molar-refractivity contribution in [3.05, 3.63) is 89.2 Å². The number of rotatable bonds is 6. The summed E-state index contributed by atoms with van der Waals surface area (Å²) in [7, 11) is 0. The number of hydrogen-bond acceptors (Lipinski definition) is 3. The molecule has 29 heavy (non-hydrogen) atoms. The van der Waals surface area contributed by atoms with Gasteiger partial charge >= 0.3 is 0 Å². The number of nitrogens with zero attached hydrogens (tertiary/aromatic N) is 3. The number of aryl methyl sites for hydroxylation is 2. The molecule has 0 atom stereocenters. The first-order valence-corrected chi connectivity index (χ1v) is 9.86. The van der Waals surface area contributed by atoms with Gasteiger partial charge in [0.2, 0.25) is 0 Å². The van der Waals surface area contributed by atoms with Gasteiger partial charge in [-0.05, 0) is 62.1 Å². The first-order chi connectivity index (χ1) is 13.6. The summed E-state index contributed by atoms with van der Waals surface area (Å²) >= 11 is 0. The molecule has 1 heterocycles. The summed E-state index contributed by atoms with van der Waals surface area (Å²) in [6, 6.07) is 22.5. The van der Waals surface area contributed by atoms with Crippen LogP contribution in [-0.2, 0) is 29.6 Å².